The average Bonchev–Trinajstić information content (AvgIpc) is 2.38. The van der Waals surface area contributed by atoms with Crippen LogP contribution in [0.3, 0.4) is 0 Å². The van der Waals surface area contributed by atoms with Crippen LogP contribution in [0.15, 0.2) is 18.3 Å². The van der Waals surface area contributed by atoms with E-state index in [1.807, 2.05) is 6.92 Å². The van der Waals surface area contributed by atoms with Crippen LogP contribution in [-0.4, -0.2) is 9.97 Å². The summed E-state index contributed by atoms with van der Waals surface area (Å²) in [6, 6.07) is 2.88. The highest BCUT2D eigenvalue weighted by Crippen LogP contribution is 2.28. The fourth-order valence-electron chi connectivity index (χ4n) is 1.52. The zero-order valence-corrected chi connectivity index (χ0v) is 11.2. The molecule has 2 rings (SSSR count). The van der Waals surface area contributed by atoms with Crippen molar-refractivity contribution >= 4 is 29.1 Å². The van der Waals surface area contributed by atoms with Crippen LogP contribution in [0, 0.1) is 19.7 Å². The first-order valence-electron chi connectivity index (χ1n) is 5.54. The molecule has 2 aromatic rings. The van der Waals surface area contributed by atoms with E-state index in [9.17, 15) is 4.39 Å². The first kappa shape index (κ1) is 13.5. The second kappa shape index (κ2) is 5.38. The summed E-state index contributed by atoms with van der Waals surface area (Å²) in [5.74, 6) is 5.74. The molecule has 0 atom stereocenters. The monoisotopic (exact) mass is 281 g/mol. The summed E-state index contributed by atoms with van der Waals surface area (Å²) in [6.07, 6.45) is 1.62. The van der Waals surface area contributed by atoms with Crippen LogP contribution < -0.4 is 16.6 Å². The van der Waals surface area contributed by atoms with Gasteiger partial charge in [0.2, 0.25) is 5.95 Å². The Morgan fingerprint density at radius 1 is 1.26 bits per heavy atom. The van der Waals surface area contributed by atoms with Crippen LogP contribution in [-0.2, 0) is 0 Å². The summed E-state index contributed by atoms with van der Waals surface area (Å²) >= 11 is 5.99. The van der Waals surface area contributed by atoms with E-state index in [2.05, 4.69) is 20.7 Å². The van der Waals surface area contributed by atoms with Gasteiger partial charge >= 0.3 is 0 Å². The standard InChI is InChI=1S/C12H13ClFN5/c1-6-3-10(8(13)4-9(6)14)17-11-7(2)5-16-12(18-11)19-15/h3-5H,15H2,1-2H3,(H2,16,17,18,19). The van der Waals surface area contributed by atoms with Gasteiger partial charge in [-0.3, -0.25) is 5.43 Å². The molecule has 1 aromatic heterocycles. The van der Waals surface area contributed by atoms with E-state index in [-0.39, 0.29) is 16.8 Å². The number of nitrogens with zero attached hydrogens (tertiary/aromatic N) is 2. The van der Waals surface area contributed by atoms with Gasteiger partial charge in [-0.15, -0.1) is 0 Å². The van der Waals surface area contributed by atoms with Gasteiger partial charge in [0, 0.05) is 11.8 Å². The average molecular weight is 282 g/mol. The second-order valence-electron chi connectivity index (χ2n) is 4.08. The zero-order chi connectivity index (χ0) is 14.0. The van der Waals surface area contributed by atoms with Gasteiger partial charge < -0.3 is 5.32 Å². The topological polar surface area (TPSA) is 75.9 Å². The summed E-state index contributed by atoms with van der Waals surface area (Å²) < 4.78 is 13.3. The number of anilines is 3. The molecule has 19 heavy (non-hydrogen) atoms. The Bertz CT molecular complexity index is 617. The molecule has 0 spiro atoms. The lowest BCUT2D eigenvalue weighted by Crippen LogP contribution is -2.11. The van der Waals surface area contributed by atoms with Crippen LogP contribution in [0.25, 0.3) is 0 Å². The van der Waals surface area contributed by atoms with E-state index < -0.39 is 0 Å². The van der Waals surface area contributed by atoms with Gasteiger partial charge in [-0.1, -0.05) is 11.6 Å². The predicted molar refractivity (Wildman–Crippen MR) is 74.0 cm³/mol. The van der Waals surface area contributed by atoms with E-state index in [0.717, 1.165) is 5.56 Å². The molecule has 100 valence electrons. The van der Waals surface area contributed by atoms with Crippen molar-refractivity contribution in [2.75, 3.05) is 10.7 Å². The fraction of sp³-hybridized carbons (Fsp3) is 0.167. The Kier molecular flexibility index (Phi) is 3.82. The number of benzene rings is 1. The maximum atomic E-state index is 13.3. The van der Waals surface area contributed by atoms with Gasteiger partial charge in [-0.05, 0) is 31.5 Å². The van der Waals surface area contributed by atoms with Crippen molar-refractivity contribution in [2.45, 2.75) is 13.8 Å². The first-order valence-corrected chi connectivity index (χ1v) is 5.92. The fourth-order valence-corrected chi connectivity index (χ4v) is 1.72. The molecule has 1 heterocycles. The Morgan fingerprint density at radius 2 is 2.00 bits per heavy atom. The van der Waals surface area contributed by atoms with E-state index in [1.54, 1.807) is 19.2 Å². The van der Waals surface area contributed by atoms with E-state index in [4.69, 9.17) is 17.4 Å². The maximum Gasteiger partial charge on any atom is 0.239 e. The summed E-state index contributed by atoms with van der Waals surface area (Å²) in [5, 5.41) is 3.32. The molecule has 0 fully saturated rings. The predicted octanol–water partition coefficient (Wildman–Crippen LogP) is 2.92. The Hall–Kier alpha value is -1.92. The maximum absolute atomic E-state index is 13.3. The number of aryl methyl sites for hydroxylation is 2. The Balaban J connectivity index is 2.38. The summed E-state index contributed by atoms with van der Waals surface area (Å²) in [6.45, 7) is 3.50. The zero-order valence-electron chi connectivity index (χ0n) is 10.5. The molecular formula is C12H13ClFN5. The van der Waals surface area contributed by atoms with Gasteiger partial charge in [0.05, 0.1) is 10.7 Å². The number of nitrogens with two attached hydrogens (primary N) is 1. The number of nitrogens with one attached hydrogen (secondary N) is 2. The quantitative estimate of drug-likeness (QED) is 0.596. The SMILES string of the molecule is Cc1cc(Nc2nc(NN)ncc2C)c(Cl)cc1F. The minimum absolute atomic E-state index is 0.281. The van der Waals surface area contributed by atoms with Gasteiger partial charge in [0.25, 0.3) is 0 Å². The highest BCUT2D eigenvalue weighted by atomic mass is 35.5. The molecular weight excluding hydrogens is 269 g/mol. The summed E-state index contributed by atoms with van der Waals surface area (Å²) in [5.41, 5.74) is 4.25. The van der Waals surface area contributed by atoms with Gasteiger partial charge in [0.1, 0.15) is 11.6 Å². The molecule has 1 aromatic carbocycles. The number of aromatic nitrogens is 2. The van der Waals surface area contributed by atoms with Crippen molar-refractivity contribution in [1.29, 1.82) is 0 Å². The van der Waals surface area contributed by atoms with Gasteiger partial charge in [-0.2, -0.15) is 4.98 Å². The van der Waals surface area contributed by atoms with Crippen LogP contribution in [0.1, 0.15) is 11.1 Å². The number of hydrogen-bond acceptors (Lipinski definition) is 5. The summed E-state index contributed by atoms with van der Waals surface area (Å²) in [7, 11) is 0. The van der Waals surface area contributed by atoms with Crippen LogP contribution in [0.2, 0.25) is 5.02 Å². The number of halogens is 2. The molecule has 0 aliphatic heterocycles. The van der Waals surface area contributed by atoms with Crippen molar-refractivity contribution in [3.8, 4) is 0 Å². The highest BCUT2D eigenvalue weighted by Gasteiger charge is 2.09. The third-order valence-electron chi connectivity index (χ3n) is 2.60. The van der Waals surface area contributed by atoms with Gasteiger partial charge in [-0.25, -0.2) is 15.2 Å². The van der Waals surface area contributed by atoms with Crippen molar-refractivity contribution < 1.29 is 4.39 Å². The molecule has 7 heteroatoms. The minimum Gasteiger partial charge on any atom is -0.339 e. The van der Waals surface area contributed by atoms with Crippen molar-refractivity contribution in [3.63, 3.8) is 0 Å². The second-order valence-corrected chi connectivity index (χ2v) is 4.48. The molecule has 4 N–H and O–H groups in total. The van der Waals surface area contributed by atoms with Crippen LogP contribution >= 0.6 is 11.6 Å². The molecule has 0 aliphatic carbocycles. The lowest BCUT2D eigenvalue weighted by Gasteiger charge is -2.12. The molecule has 0 bridgehead atoms. The van der Waals surface area contributed by atoms with Crippen molar-refractivity contribution in [2.24, 2.45) is 5.84 Å². The van der Waals surface area contributed by atoms with Crippen LogP contribution in [0.5, 0.6) is 0 Å². The van der Waals surface area contributed by atoms with Crippen molar-refractivity contribution in [1.82, 2.24) is 9.97 Å². The Morgan fingerprint density at radius 3 is 2.68 bits per heavy atom. The molecule has 0 aliphatic rings. The highest BCUT2D eigenvalue weighted by molar-refractivity contribution is 6.33. The number of hydrogen-bond donors (Lipinski definition) is 3. The Labute approximate surface area is 115 Å². The molecule has 0 saturated carbocycles. The van der Waals surface area contributed by atoms with Crippen molar-refractivity contribution in [3.05, 3.63) is 40.3 Å². The molecule has 0 radical (unpaired) electrons. The lowest BCUT2D eigenvalue weighted by atomic mass is 10.2. The third-order valence-corrected chi connectivity index (χ3v) is 2.91. The van der Waals surface area contributed by atoms with E-state index in [0.29, 0.717) is 17.1 Å². The summed E-state index contributed by atoms with van der Waals surface area (Å²) in [4.78, 5) is 8.14. The van der Waals surface area contributed by atoms with E-state index in [1.165, 1.54) is 6.07 Å². The molecule has 5 nitrogen and oxygen atoms in total. The van der Waals surface area contributed by atoms with E-state index >= 15 is 0 Å². The first-order chi connectivity index (χ1) is 9.01. The number of nitrogen functional groups attached to an aromatic ring is 1. The largest absolute Gasteiger partial charge is 0.339 e. The van der Waals surface area contributed by atoms with Gasteiger partial charge in [0.15, 0.2) is 0 Å². The molecule has 0 unspecified atom stereocenters. The number of rotatable bonds is 3. The molecule has 0 saturated heterocycles. The molecule has 0 amide bonds. The van der Waals surface area contributed by atoms with Crippen LogP contribution in [0.4, 0.5) is 21.8 Å². The lowest BCUT2D eigenvalue weighted by molar-refractivity contribution is 0.619. The third kappa shape index (κ3) is 2.91. The minimum atomic E-state index is -0.348. The normalized spacial score (nSPS) is 10.4. The smallest absolute Gasteiger partial charge is 0.239 e. The number of hydrazine groups is 1.